The van der Waals surface area contributed by atoms with Crippen LogP contribution < -0.4 is 15.4 Å². The van der Waals surface area contributed by atoms with Crippen LogP contribution in [0.2, 0.25) is 0 Å². The Morgan fingerprint density at radius 3 is 2.50 bits per heavy atom. The first-order chi connectivity index (χ1) is 10.4. The predicted octanol–water partition coefficient (Wildman–Crippen LogP) is 1.21. The first-order valence-corrected chi connectivity index (χ1v) is 7.87. The molecule has 3 aromatic rings. The van der Waals surface area contributed by atoms with Crippen LogP contribution in [0.4, 0.5) is 5.69 Å². The molecular formula is C14H12N4O3S. The molecule has 0 amide bonds. The fraction of sp³-hybridized carbons (Fsp3) is 0. The molecule has 0 saturated carbocycles. The van der Waals surface area contributed by atoms with Crippen molar-refractivity contribution in [2.24, 2.45) is 5.14 Å². The lowest BCUT2D eigenvalue weighted by molar-refractivity contribution is 0.603. The summed E-state index contributed by atoms with van der Waals surface area (Å²) in [7, 11) is -3.85. The first kappa shape index (κ1) is 14.2. The molecule has 0 bridgehead atoms. The predicted molar refractivity (Wildman–Crippen MR) is 84.5 cm³/mol. The maximum Gasteiger partial charge on any atom is 0.296 e. The van der Waals surface area contributed by atoms with Crippen molar-refractivity contribution in [3.05, 3.63) is 58.9 Å². The lowest BCUT2D eigenvalue weighted by Crippen LogP contribution is -2.21. The Kier molecular flexibility index (Phi) is 3.39. The average molecular weight is 316 g/mol. The van der Waals surface area contributed by atoms with Crippen LogP contribution in [0.25, 0.3) is 22.0 Å². The summed E-state index contributed by atoms with van der Waals surface area (Å²) in [5.74, 6) is 0. The van der Waals surface area contributed by atoms with Crippen LogP contribution in [0, 0.1) is 0 Å². The van der Waals surface area contributed by atoms with Crippen LogP contribution in [0.1, 0.15) is 0 Å². The fourth-order valence-corrected chi connectivity index (χ4v) is 2.68. The molecule has 1 heterocycles. The zero-order valence-electron chi connectivity index (χ0n) is 11.3. The van der Waals surface area contributed by atoms with Crippen LogP contribution in [0.5, 0.6) is 0 Å². The van der Waals surface area contributed by atoms with Crippen molar-refractivity contribution in [2.75, 3.05) is 4.72 Å². The zero-order chi connectivity index (χ0) is 15.7. The summed E-state index contributed by atoms with van der Waals surface area (Å²) in [4.78, 5) is 11.8. The van der Waals surface area contributed by atoms with Crippen LogP contribution in [-0.4, -0.2) is 18.6 Å². The second-order valence-electron chi connectivity index (χ2n) is 4.67. The molecule has 4 N–H and O–H groups in total. The van der Waals surface area contributed by atoms with Crippen molar-refractivity contribution < 1.29 is 8.42 Å². The van der Waals surface area contributed by atoms with E-state index in [1.165, 1.54) is 0 Å². The topological polar surface area (TPSA) is 118 Å². The smallest absolute Gasteiger partial charge is 0.271 e. The van der Waals surface area contributed by atoms with E-state index >= 15 is 0 Å². The Balaban J connectivity index is 2.18. The van der Waals surface area contributed by atoms with Crippen LogP contribution in [0.15, 0.2) is 53.3 Å². The quantitative estimate of drug-likeness (QED) is 0.673. The Labute approximate surface area is 126 Å². The van der Waals surface area contributed by atoms with Gasteiger partial charge in [-0.25, -0.2) is 10.2 Å². The van der Waals surface area contributed by atoms with E-state index in [2.05, 4.69) is 14.9 Å². The minimum atomic E-state index is -3.85. The molecule has 3 rings (SSSR count). The number of benzene rings is 2. The lowest BCUT2D eigenvalue weighted by Gasteiger charge is -2.08. The monoisotopic (exact) mass is 316 g/mol. The van der Waals surface area contributed by atoms with Gasteiger partial charge in [-0.05, 0) is 18.2 Å². The van der Waals surface area contributed by atoms with E-state index in [9.17, 15) is 13.2 Å². The molecule has 0 fully saturated rings. The Hall–Kier alpha value is -2.71. The van der Waals surface area contributed by atoms with E-state index in [-0.39, 0.29) is 5.56 Å². The Morgan fingerprint density at radius 1 is 1.05 bits per heavy atom. The van der Waals surface area contributed by atoms with Gasteiger partial charge in [-0.3, -0.25) is 9.52 Å². The molecule has 0 aliphatic rings. The summed E-state index contributed by atoms with van der Waals surface area (Å²) in [6, 6.07) is 13.7. The minimum Gasteiger partial charge on any atom is -0.271 e. The fourth-order valence-electron chi connectivity index (χ4n) is 2.23. The van der Waals surface area contributed by atoms with Crippen LogP contribution >= 0.6 is 0 Å². The molecule has 0 radical (unpaired) electrons. The van der Waals surface area contributed by atoms with E-state index < -0.39 is 10.2 Å². The number of hydrogen-bond donors (Lipinski definition) is 3. The molecular weight excluding hydrogens is 304 g/mol. The second-order valence-corrected chi connectivity index (χ2v) is 5.97. The van der Waals surface area contributed by atoms with Gasteiger partial charge in [0, 0.05) is 10.9 Å². The molecule has 112 valence electrons. The highest BCUT2D eigenvalue weighted by Crippen LogP contribution is 2.26. The largest absolute Gasteiger partial charge is 0.296 e. The highest BCUT2D eigenvalue weighted by Gasteiger charge is 2.10. The van der Waals surface area contributed by atoms with Gasteiger partial charge in [-0.15, -0.1) is 0 Å². The Bertz CT molecular complexity index is 1010. The molecule has 7 nitrogen and oxygen atoms in total. The molecule has 0 saturated heterocycles. The van der Waals surface area contributed by atoms with Crippen molar-refractivity contribution in [2.45, 2.75) is 0 Å². The van der Waals surface area contributed by atoms with Crippen LogP contribution in [-0.2, 0) is 10.2 Å². The molecule has 1 aromatic heterocycles. The highest BCUT2D eigenvalue weighted by atomic mass is 32.2. The van der Waals surface area contributed by atoms with E-state index in [0.29, 0.717) is 27.7 Å². The molecule has 0 aliphatic heterocycles. The summed E-state index contributed by atoms with van der Waals surface area (Å²) in [5.41, 5.74) is 1.24. The third kappa shape index (κ3) is 2.83. The van der Waals surface area contributed by atoms with Crippen molar-refractivity contribution >= 4 is 26.7 Å². The summed E-state index contributed by atoms with van der Waals surface area (Å²) in [6.45, 7) is 0. The van der Waals surface area contributed by atoms with Gasteiger partial charge in [0.25, 0.3) is 15.8 Å². The number of aromatic nitrogens is 2. The number of nitrogens with zero attached hydrogens (tertiary/aromatic N) is 1. The summed E-state index contributed by atoms with van der Waals surface area (Å²) in [6.07, 6.45) is 0. The normalized spacial score (nSPS) is 11.5. The van der Waals surface area contributed by atoms with Gasteiger partial charge in [0.2, 0.25) is 0 Å². The van der Waals surface area contributed by atoms with Gasteiger partial charge in [0.05, 0.1) is 16.8 Å². The number of anilines is 1. The van der Waals surface area contributed by atoms with E-state index in [4.69, 9.17) is 5.14 Å². The Morgan fingerprint density at radius 2 is 1.77 bits per heavy atom. The molecule has 8 heteroatoms. The number of hydrogen-bond acceptors (Lipinski definition) is 4. The van der Waals surface area contributed by atoms with Crippen LogP contribution in [0.3, 0.4) is 0 Å². The second kappa shape index (κ2) is 5.24. The number of fused-ring (bicyclic) bond motifs is 1. The number of aromatic amines is 1. The van der Waals surface area contributed by atoms with Gasteiger partial charge in [-0.2, -0.15) is 13.5 Å². The third-order valence-electron chi connectivity index (χ3n) is 3.09. The van der Waals surface area contributed by atoms with Gasteiger partial charge in [0.15, 0.2) is 0 Å². The van der Waals surface area contributed by atoms with E-state index in [1.54, 1.807) is 48.5 Å². The number of rotatable bonds is 3. The molecule has 0 unspecified atom stereocenters. The van der Waals surface area contributed by atoms with Crippen molar-refractivity contribution in [3.63, 3.8) is 0 Å². The summed E-state index contributed by atoms with van der Waals surface area (Å²) >= 11 is 0. The summed E-state index contributed by atoms with van der Waals surface area (Å²) < 4.78 is 24.4. The lowest BCUT2D eigenvalue weighted by atomic mass is 10.0. The number of H-pyrrole nitrogens is 1. The summed E-state index contributed by atoms with van der Waals surface area (Å²) in [5, 5.41) is 12.7. The van der Waals surface area contributed by atoms with Gasteiger partial charge in [-0.1, -0.05) is 30.3 Å². The molecule has 0 spiro atoms. The van der Waals surface area contributed by atoms with E-state index in [1.807, 2.05) is 0 Å². The number of nitrogens with two attached hydrogens (primary N) is 1. The van der Waals surface area contributed by atoms with Gasteiger partial charge in [0.1, 0.15) is 0 Å². The third-order valence-corrected chi connectivity index (χ3v) is 3.61. The zero-order valence-corrected chi connectivity index (χ0v) is 12.1. The minimum absolute atomic E-state index is 0.279. The van der Waals surface area contributed by atoms with Gasteiger partial charge < -0.3 is 0 Å². The molecule has 0 atom stereocenters. The molecule has 22 heavy (non-hydrogen) atoms. The highest BCUT2D eigenvalue weighted by molar-refractivity contribution is 7.90. The van der Waals surface area contributed by atoms with Gasteiger partial charge >= 0.3 is 0 Å². The first-order valence-electron chi connectivity index (χ1n) is 6.32. The van der Waals surface area contributed by atoms with Crippen molar-refractivity contribution in [3.8, 4) is 11.3 Å². The maximum absolute atomic E-state index is 11.8. The molecule has 0 aliphatic carbocycles. The van der Waals surface area contributed by atoms with E-state index in [0.717, 1.165) is 0 Å². The maximum atomic E-state index is 11.8. The average Bonchev–Trinajstić information content (AvgIpc) is 2.46. The SMILES string of the molecule is NS(=O)(=O)Nc1cccc(-c2n[nH]c(=O)c3ccccc23)c1. The van der Waals surface area contributed by atoms with Crippen molar-refractivity contribution in [1.82, 2.24) is 10.2 Å². The number of nitrogens with one attached hydrogen (secondary N) is 2. The molecule has 2 aromatic carbocycles. The van der Waals surface area contributed by atoms with Crippen molar-refractivity contribution in [1.29, 1.82) is 0 Å². The standard InChI is InChI=1S/C14H12N4O3S/c15-22(20,21)18-10-5-3-4-9(8-10)13-11-6-1-2-7-12(11)14(19)17-16-13/h1-8,18H,(H,17,19)(H2,15,20,21).